The van der Waals surface area contributed by atoms with Crippen LogP contribution in [-0.2, 0) is 65.4 Å². The summed E-state index contributed by atoms with van der Waals surface area (Å²) in [4.78, 5) is 73.2. The van der Waals surface area contributed by atoms with Crippen molar-refractivity contribution in [2.45, 2.75) is 329 Å². The third kappa shape index (κ3) is 81.9. The van der Waals surface area contributed by atoms with Gasteiger partial charge in [0, 0.05) is 25.7 Å². The molecule has 0 aliphatic rings. The number of carbonyl (C=O) groups is 4. The second-order valence-electron chi connectivity index (χ2n) is 27.6. The highest BCUT2D eigenvalue weighted by atomic mass is 31.2. The number of hydrogen-bond donors (Lipinski definition) is 3. The number of aliphatic hydroxyl groups excluding tert-OH is 1. The van der Waals surface area contributed by atoms with Gasteiger partial charge in [0.15, 0.2) is 12.2 Å². The standard InChI is InChI=1S/C93H150O17P2/c1-5-9-13-17-21-25-29-33-37-40-43-46-50-53-57-61-65-69-73-77-90(95)103-83-88(109-92(97)79-75-71-67-63-59-55-49-36-32-28-24-20-16-12-8-4)85-107-111(99,100)105-81-87(94)82-106-112(101,102)108-86-89(110-93(98)80-76-72-68-64-60-56-52-48-45-42-39-35-31-27-23-19-15-11-7-3)84-104-91(96)78-74-70-66-62-58-54-51-47-44-41-38-34-30-26-22-18-14-10-6-2/h9-10,13-14,21-23,25-27,33-39,43-49,53-54,57-58,65-66,69-70,87-89,94H,5-8,11-12,15-20,24,28-32,40-42,50-52,55-56,59-64,67-68,71-86H2,1-4H3,(H,99,100)(H,101,102)/b13-9-,14-10-,25-21-,26-22-,27-23-,37-33-,38-34-,39-35-,46-43-,47-44-,48-45-,49-36-,57-53-,58-54-,69-65-,70-66-. The predicted octanol–water partition coefficient (Wildman–Crippen LogP) is 25.7. The van der Waals surface area contributed by atoms with Crippen molar-refractivity contribution in [2.75, 3.05) is 39.6 Å². The van der Waals surface area contributed by atoms with Crippen LogP contribution in [0.5, 0.6) is 0 Å². The largest absolute Gasteiger partial charge is 0.472 e. The molecule has 0 bridgehead atoms. The number of allylic oxidation sites excluding steroid dienone is 32. The molecule has 0 aliphatic heterocycles. The Bertz CT molecular complexity index is 2890. The maximum atomic E-state index is 13.1. The second kappa shape index (κ2) is 82.9. The topological polar surface area (TPSA) is 237 Å². The molecule has 0 aromatic carbocycles. The molecule has 0 saturated carbocycles. The Morgan fingerprint density at radius 1 is 0.259 bits per heavy atom. The molecule has 0 rings (SSSR count). The second-order valence-corrected chi connectivity index (χ2v) is 30.6. The normalized spacial score (nSPS) is 14.7. The first-order valence-electron chi connectivity index (χ1n) is 42.7. The van der Waals surface area contributed by atoms with Gasteiger partial charge in [0.05, 0.1) is 26.4 Å². The maximum Gasteiger partial charge on any atom is 0.472 e. The number of rotatable bonds is 78. The van der Waals surface area contributed by atoms with Gasteiger partial charge in [-0.2, -0.15) is 0 Å². The molecule has 0 spiro atoms. The number of aliphatic hydroxyl groups is 1. The van der Waals surface area contributed by atoms with Crippen LogP contribution in [0, 0.1) is 0 Å². The van der Waals surface area contributed by atoms with Crippen LogP contribution in [0.2, 0.25) is 0 Å². The fourth-order valence-corrected chi connectivity index (χ4v) is 12.2. The Labute approximate surface area is 678 Å². The van der Waals surface area contributed by atoms with Crippen LogP contribution in [0.1, 0.15) is 310 Å². The van der Waals surface area contributed by atoms with Crippen LogP contribution in [0.15, 0.2) is 194 Å². The Balaban J connectivity index is 5.54. The minimum atomic E-state index is -5.02. The predicted molar refractivity (Wildman–Crippen MR) is 463 cm³/mol. The van der Waals surface area contributed by atoms with E-state index in [4.69, 9.17) is 37.0 Å². The molecule has 5 unspecified atom stereocenters. The van der Waals surface area contributed by atoms with Crippen LogP contribution in [0.25, 0.3) is 0 Å². The molecule has 0 aliphatic carbocycles. The Hall–Kier alpha value is -6.10. The van der Waals surface area contributed by atoms with Crippen molar-refractivity contribution in [2.24, 2.45) is 0 Å². The lowest BCUT2D eigenvalue weighted by Crippen LogP contribution is -2.30. The summed E-state index contributed by atoms with van der Waals surface area (Å²) >= 11 is 0. The summed E-state index contributed by atoms with van der Waals surface area (Å²) in [6, 6.07) is 0. The van der Waals surface area contributed by atoms with Gasteiger partial charge >= 0.3 is 39.5 Å². The van der Waals surface area contributed by atoms with Gasteiger partial charge in [-0.3, -0.25) is 37.3 Å². The van der Waals surface area contributed by atoms with E-state index in [1.807, 2.05) is 36.5 Å². The van der Waals surface area contributed by atoms with Crippen molar-refractivity contribution in [3.8, 4) is 0 Å². The van der Waals surface area contributed by atoms with Crippen molar-refractivity contribution < 1.29 is 80.2 Å². The third-order valence-corrected chi connectivity index (χ3v) is 19.0. The van der Waals surface area contributed by atoms with Crippen molar-refractivity contribution in [1.82, 2.24) is 0 Å². The van der Waals surface area contributed by atoms with Gasteiger partial charge in [-0.15, -0.1) is 0 Å². The summed E-state index contributed by atoms with van der Waals surface area (Å²) in [6.45, 7) is 4.42. The fraction of sp³-hybridized carbons (Fsp3) is 0.613. The van der Waals surface area contributed by atoms with Crippen LogP contribution in [-0.4, -0.2) is 96.7 Å². The quantitative estimate of drug-likeness (QED) is 0.0169. The van der Waals surface area contributed by atoms with Gasteiger partial charge < -0.3 is 33.8 Å². The Morgan fingerprint density at radius 2 is 0.482 bits per heavy atom. The Kier molecular flexibility index (Phi) is 78.4. The molecule has 0 saturated heterocycles. The molecule has 112 heavy (non-hydrogen) atoms. The van der Waals surface area contributed by atoms with E-state index < -0.39 is 97.5 Å². The summed E-state index contributed by atoms with van der Waals surface area (Å²) < 4.78 is 68.6. The number of phosphoric acid groups is 2. The zero-order chi connectivity index (χ0) is 81.7. The molecule has 0 aromatic rings. The molecule has 17 nitrogen and oxygen atoms in total. The van der Waals surface area contributed by atoms with E-state index >= 15 is 0 Å². The van der Waals surface area contributed by atoms with Crippen molar-refractivity contribution in [3.05, 3.63) is 194 Å². The molecule has 0 radical (unpaired) electrons. The van der Waals surface area contributed by atoms with Gasteiger partial charge in [0.25, 0.3) is 0 Å². The van der Waals surface area contributed by atoms with E-state index in [0.29, 0.717) is 38.5 Å². The summed E-state index contributed by atoms with van der Waals surface area (Å²) in [6.07, 6.45) is 103. The molecule has 0 aromatic heterocycles. The molecule has 3 N–H and O–H groups in total. The highest BCUT2D eigenvalue weighted by Crippen LogP contribution is 2.45. The van der Waals surface area contributed by atoms with Gasteiger partial charge in [0.1, 0.15) is 19.3 Å². The fourth-order valence-electron chi connectivity index (χ4n) is 10.6. The molecular weight excluding hydrogens is 1450 g/mol. The van der Waals surface area contributed by atoms with Crippen LogP contribution in [0.3, 0.4) is 0 Å². The van der Waals surface area contributed by atoms with E-state index in [2.05, 4.69) is 186 Å². The minimum Gasteiger partial charge on any atom is -0.462 e. The number of hydrogen-bond acceptors (Lipinski definition) is 15. The monoisotopic (exact) mass is 1600 g/mol. The lowest BCUT2D eigenvalue weighted by molar-refractivity contribution is -0.161. The van der Waals surface area contributed by atoms with Crippen LogP contribution < -0.4 is 0 Å². The number of phosphoric ester groups is 2. The first-order chi connectivity index (χ1) is 54.7. The molecule has 634 valence electrons. The van der Waals surface area contributed by atoms with Gasteiger partial charge in [-0.25, -0.2) is 9.13 Å². The van der Waals surface area contributed by atoms with E-state index in [-0.39, 0.29) is 25.7 Å². The first kappa shape index (κ1) is 106. The minimum absolute atomic E-state index is 0.0244. The SMILES string of the molecule is CC/C=C\C/C=C\C/C=C\C/C=C\C/C=C\C/C=C\CCC(=O)OCC(COP(=O)(O)OCC(O)COP(=O)(O)OCC(COC(=O)CC/C=C\C/C=C\C/C=C\C/C=C\C/C=C\C/C=C\CC)OC(=O)CCCCCCCC/C=C\C/C=C\C/C=C\CCCCC)OC(=O)CCCCCCC/C=C\CCCCCCCC. The van der Waals surface area contributed by atoms with E-state index in [9.17, 15) is 43.2 Å². The Morgan fingerprint density at radius 3 is 0.777 bits per heavy atom. The highest BCUT2D eigenvalue weighted by Gasteiger charge is 2.30. The number of esters is 4. The molecule has 0 fully saturated rings. The van der Waals surface area contributed by atoms with E-state index in [1.165, 1.54) is 57.8 Å². The summed E-state index contributed by atoms with van der Waals surface area (Å²) in [5.74, 6) is -2.41. The summed E-state index contributed by atoms with van der Waals surface area (Å²) in [5, 5.41) is 10.7. The molecule has 19 heteroatoms. The highest BCUT2D eigenvalue weighted by molar-refractivity contribution is 7.47. The van der Waals surface area contributed by atoms with E-state index in [0.717, 1.165) is 161 Å². The molecule has 0 heterocycles. The van der Waals surface area contributed by atoms with Gasteiger partial charge in [-0.1, -0.05) is 312 Å². The van der Waals surface area contributed by atoms with Crippen molar-refractivity contribution in [1.29, 1.82) is 0 Å². The van der Waals surface area contributed by atoms with Gasteiger partial charge in [0.2, 0.25) is 0 Å². The lowest BCUT2D eigenvalue weighted by Gasteiger charge is -2.21. The third-order valence-electron chi connectivity index (χ3n) is 17.1. The molecule has 0 amide bonds. The average Bonchev–Trinajstić information content (AvgIpc) is 0.898. The number of unbranched alkanes of at least 4 members (excludes halogenated alkanes) is 20. The van der Waals surface area contributed by atoms with Crippen LogP contribution in [0.4, 0.5) is 0 Å². The van der Waals surface area contributed by atoms with Crippen molar-refractivity contribution >= 4 is 39.5 Å². The van der Waals surface area contributed by atoms with E-state index in [1.54, 1.807) is 0 Å². The average molecular weight is 1600 g/mol. The van der Waals surface area contributed by atoms with Crippen LogP contribution >= 0.6 is 15.6 Å². The lowest BCUT2D eigenvalue weighted by atomic mass is 10.1. The first-order valence-corrected chi connectivity index (χ1v) is 45.7. The molecule has 5 atom stereocenters. The van der Waals surface area contributed by atoms with Gasteiger partial charge in [-0.05, 0) is 167 Å². The number of carbonyl (C=O) groups excluding carboxylic acids is 4. The zero-order valence-corrected chi connectivity index (χ0v) is 71.3. The maximum absolute atomic E-state index is 13.1. The van der Waals surface area contributed by atoms with Crippen molar-refractivity contribution in [3.63, 3.8) is 0 Å². The smallest absolute Gasteiger partial charge is 0.462 e. The summed E-state index contributed by atoms with van der Waals surface area (Å²) in [7, 11) is -10.0. The number of ether oxygens (including phenoxy) is 4. The molecular formula is C93H150O17P2. The zero-order valence-electron chi connectivity index (χ0n) is 69.5. The summed E-state index contributed by atoms with van der Waals surface area (Å²) in [5.41, 5.74) is 0.